The zero-order valence-electron chi connectivity index (χ0n) is 13.0. The maximum atomic E-state index is 6.13. The zero-order valence-corrected chi connectivity index (χ0v) is 14.0. The average molecular weight is 292 g/mol. The Morgan fingerprint density at radius 2 is 2.00 bits per heavy atom. The van der Waals surface area contributed by atoms with Crippen molar-refractivity contribution in [1.29, 1.82) is 0 Å². The third-order valence-electron chi connectivity index (χ3n) is 3.09. The van der Waals surface area contributed by atoms with E-state index in [0.29, 0.717) is 0 Å². The van der Waals surface area contributed by atoms with Crippen molar-refractivity contribution in [3.63, 3.8) is 0 Å². The highest BCUT2D eigenvalue weighted by Crippen LogP contribution is 2.33. The third kappa shape index (κ3) is 4.20. The van der Waals surface area contributed by atoms with Gasteiger partial charge in [0.05, 0.1) is 11.9 Å². The molecule has 0 amide bonds. The first-order valence-corrected chi connectivity index (χ1v) is 10.4. The van der Waals surface area contributed by atoms with Crippen molar-refractivity contribution in [2.24, 2.45) is 0 Å². The number of hydrogen-bond donors (Lipinski definition) is 0. The summed E-state index contributed by atoms with van der Waals surface area (Å²) in [7, 11) is 0.0508. The molecule has 4 heteroatoms. The van der Waals surface area contributed by atoms with Gasteiger partial charge in [0.25, 0.3) is 0 Å². The van der Waals surface area contributed by atoms with E-state index in [-0.39, 0.29) is 12.4 Å². The van der Waals surface area contributed by atoms with Crippen molar-refractivity contribution >= 4 is 8.32 Å². The molecule has 0 aliphatic carbocycles. The lowest BCUT2D eigenvalue weighted by Crippen LogP contribution is -2.30. The van der Waals surface area contributed by atoms with Gasteiger partial charge in [-0.3, -0.25) is 0 Å². The van der Waals surface area contributed by atoms with Crippen LogP contribution in [0.3, 0.4) is 0 Å². The zero-order chi connectivity index (χ0) is 14.8. The fourth-order valence-corrected chi connectivity index (χ4v) is 3.25. The predicted molar refractivity (Wildman–Crippen MR) is 82.9 cm³/mol. The van der Waals surface area contributed by atoms with Gasteiger partial charge >= 0.3 is 0 Å². The van der Waals surface area contributed by atoms with Gasteiger partial charge in [-0.15, -0.1) is 0 Å². The van der Waals surface area contributed by atoms with Gasteiger partial charge in [0.1, 0.15) is 0 Å². The minimum absolute atomic E-state index is 0.00352. The number of methoxy groups -OCH3 is 1. The average Bonchev–Trinajstić information content (AvgIpc) is 2.36. The van der Waals surface area contributed by atoms with Crippen LogP contribution in [0.2, 0.25) is 19.6 Å². The lowest BCUT2D eigenvalue weighted by atomic mass is 10.0. The van der Waals surface area contributed by atoms with Crippen molar-refractivity contribution in [2.45, 2.75) is 45.4 Å². The Hall–Kier alpha value is -1.10. The van der Waals surface area contributed by atoms with Crippen LogP contribution >= 0.6 is 0 Å². The molecule has 2 rings (SSSR count). The van der Waals surface area contributed by atoms with Crippen molar-refractivity contribution in [3.8, 4) is 0 Å². The van der Waals surface area contributed by atoms with E-state index in [0.717, 1.165) is 12.2 Å². The van der Waals surface area contributed by atoms with Crippen molar-refractivity contribution < 1.29 is 13.9 Å². The fourth-order valence-electron chi connectivity index (χ4n) is 2.31. The van der Waals surface area contributed by atoms with E-state index in [9.17, 15) is 0 Å². The van der Waals surface area contributed by atoms with Crippen LogP contribution in [-0.4, -0.2) is 21.7 Å². The van der Waals surface area contributed by atoms with Gasteiger partial charge in [0.15, 0.2) is 6.29 Å². The summed E-state index contributed by atoms with van der Waals surface area (Å²) in [5, 5.41) is 0. The molecule has 1 aliphatic rings. The summed E-state index contributed by atoms with van der Waals surface area (Å²) in [6.45, 7) is 8.65. The Morgan fingerprint density at radius 3 is 2.60 bits per heavy atom. The van der Waals surface area contributed by atoms with Crippen LogP contribution in [0.1, 0.15) is 23.7 Å². The molecule has 0 saturated heterocycles. The molecule has 1 aromatic rings. The fraction of sp³-hybridized carbons (Fsp3) is 0.500. The molecule has 3 nitrogen and oxygen atoms in total. The molecular formula is C16H24O3Si. The van der Waals surface area contributed by atoms with Crippen molar-refractivity contribution in [1.82, 2.24) is 0 Å². The molecule has 0 spiro atoms. The van der Waals surface area contributed by atoms with E-state index >= 15 is 0 Å². The minimum Gasteiger partial charge on any atom is -0.547 e. The number of aryl methyl sites for hydroxylation is 1. The molecule has 0 fully saturated rings. The molecule has 1 aliphatic heterocycles. The molecule has 0 N–H and O–H groups in total. The van der Waals surface area contributed by atoms with E-state index in [1.54, 1.807) is 7.11 Å². The molecule has 20 heavy (non-hydrogen) atoms. The van der Waals surface area contributed by atoms with Gasteiger partial charge in [0.2, 0.25) is 8.32 Å². The monoisotopic (exact) mass is 292 g/mol. The van der Waals surface area contributed by atoms with Gasteiger partial charge in [0, 0.05) is 19.6 Å². The van der Waals surface area contributed by atoms with Gasteiger partial charge in [-0.05, 0) is 32.1 Å². The maximum absolute atomic E-state index is 6.13. The Balaban J connectivity index is 2.19. The first kappa shape index (κ1) is 15.3. The summed E-state index contributed by atoms with van der Waals surface area (Å²) in [6.07, 6.45) is 2.38. The molecular weight excluding hydrogens is 268 g/mol. The van der Waals surface area contributed by atoms with Crippen molar-refractivity contribution in [2.75, 3.05) is 7.11 Å². The minimum atomic E-state index is -1.61. The SMILES string of the molecule is COC1C=C(O[Si](C)(C)C)C[C@@H](c2cccc(C)c2)O1. The number of benzene rings is 1. The topological polar surface area (TPSA) is 27.7 Å². The molecule has 0 radical (unpaired) electrons. The van der Waals surface area contributed by atoms with Gasteiger partial charge in [-0.2, -0.15) is 0 Å². The quantitative estimate of drug-likeness (QED) is 0.780. The third-order valence-corrected chi connectivity index (χ3v) is 3.97. The van der Waals surface area contributed by atoms with E-state index in [1.807, 2.05) is 6.08 Å². The van der Waals surface area contributed by atoms with E-state index in [2.05, 4.69) is 50.8 Å². The summed E-state index contributed by atoms with van der Waals surface area (Å²) in [4.78, 5) is 0. The molecule has 0 aromatic heterocycles. The highest BCUT2D eigenvalue weighted by molar-refractivity contribution is 6.70. The maximum Gasteiger partial charge on any atom is 0.241 e. The molecule has 1 aromatic carbocycles. The number of rotatable bonds is 4. The highest BCUT2D eigenvalue weighted by Gasteiger charge is 2.28. The molecule has 0 bridgehead atoms. The van der Waals surface area contributed by atoms with E-state index in [1.165, 1.54) is 11.1 Å². The standard InChI is InChI=1S/C16H24O3Si/c1-12-7-6-8-13(9-12)15-10-14(19-20(3,4)5)11-16(17-2)18-15/h6-9,11,15-16H,10H2,1-5H3/t15-,16?/m0/s1. The van der Waals surface area contributed by atoms with Crippen LogP contribution < -0.4 is 0 Å². The van der Waals surface area contributed by atoms with Crippen LogP contribution in [0.15, 0.2) is 36.1 Å². The summed E-state index contributed by atoms with van der Waals surface area (Å²) in [5.74, 6) is 0.994. The Bertz CT molecular complexity index is 491. The number of hydrogen-bond acceptors (Lipinski definition) is 3. The normalized spacial score (nSPS) is 23.4. The van der Waals surface area contributed by atoms with Gasteiger partial charge in [-0.25, -0.2) is 0 Å². The molecule has 110 valence electrons. The molecule has 2 atom stereocenters. The molecule has 1 unspecified atom stereocenters. The lowest BCUT2D eigenvalue weighted by molar-refractivity contribution is -0.139. The van der Waals surface area contributed by atoms with Crippen LogP contribution in [-0.2, 0) is 13.9 Å². The summed E-state index contributed by atoms with van der Waals surface area (Å²) in [5.41, 5.74) is 2.42. The second kappa shape index (κ2) is 6.12. The Morgan fingerprint density at radius 1 is 1.25 bits per heavy atom. The number of ether oxygens (including phenoxy) is 2. The predicted octanol–water partition coefficient (Wildman–Crippen LogP) is 4.16. The van der Waals surface area contributed by atoms with E-state index < -0.39 is 8.32 Å². The second-order valence-electron chi connectivity index (χ2n) is 6.19. The largest absolute Gasteiger partial charge is 0.547 e. The molecule has 0 saturated carbocycles. The summed E-state index contributed by atoms with van der Waals surface area (Å²) >= 11 is 0. The summed E-state index contributed by atoms with van der Waals surface area (Å²) < 4.78 is 17.4. The lowest BCUT2D eigenvalue weighted by Gasteiger charge is -2.32. The van der Waals surface area contributed by atoms with Gasteiger partial charge in [-0.1, -0.05) is 29.8 Å². The highest BCUT2D eigenvalue weighted by atomic mass is 28.4. The van der Waals surface area contributed by atoms with Gasteiger partial charge < -0.3 is 13.9 Å². The van der Waals surface area contributed by atoms with Crippen molar-refractivity contribution in [3.05, 3.63) is 47.2 Å². The van der Waals surface area contributed by atoms with Crippen LogP contribution in [0.4, 0.5) is 0 Å². The first-order chi connectivity index (χ1) is 9.37. The van der Waals surface area contributed by atoms with E-state index in [4.69, 9.17) is 13.9 Å². The second-order valence-corrected chi connectivity index (χ2v) is 10.6. The summed E-state index contributed by atoms with van der Waals surface area (Å²) in [6, 6.07) is 8.42. The van der Waals surface area contributed by atoms with Crippen LogP contribution in [0.5, 0.6) is 0 Å². The first-order valence-electron chi connectivity index (χ1n) is 7.02. The Labute approximate surface area is 122 Å². The van der Waals surface area contributed by atoms with Crippen LogP contribution in [0.25, 0.3) is 0 Å². The van der Waals surface area contributed by atoms with Crippen LogP contribution in [0, 0.1) is 6.92 Å². The Kier molecular flexibility index (Phi) is 4.68. The smallest absolute Gasteiger partial charge is 0.241 e. The molecule has 1 heterocycles.